The Morgan fingerprint density at radius 1 is 1.12 bits per heavy atom. The minimum Gasteiger partial charge on any atom is -0.357 e. The van der Waals surface area contributed by atoms with Crippen molar-refractivity contribution in [1.29, 1.82) is 0 Å². The Balaban J connectivity index is 0.00000363. The zero-order valence-electron chi connectivity index (χ0n) is 19.7. The quantitative estimate of drug-likeness (QED) is 0.299. The Bertz CT molecular complexity index is 701. The first-order valence-corrected chi connectivity index (χ1v) is 11.7. The fourth-order valence-corrected chi connectivity index (χ4v) is 4.11. The van der Waals surface area contributed by atoms with Crippen molar-refractivity contribution in [3.05, 3.63) is 18.5 Å². The Labute approximate surface area is 209 Å². The number of halogens is 1. The zero-order chi connectivity index (χ0) is 22.1. The number of likely N-dealkylation sites (tertiary alicyclic amines) is 1. The summed E-state index contributed by atoms with van der Waals surface area (Å²) in [5, 5.41) is 6.88. The highest BCUT2D eigenvalue weighted by Crippen LogP contribution is 2.13. The summed E-state index contributed by atoms with van der Waals surface area (Å²) >= 11 is 0. The van der Waals surface area contributed by atoms with Gasteiger partial charge in [-0.15, -0.1) is 24.0 Å². The van der Waals surface area contributed by atoms with E-state index in [1.54, 1.807) is 12.4 Å². The molecule has 0 spiro atoms. The van der Waals surface area contributed by atoms with Crippen molar-refractivity contribution in [3.8, 4) is 0 Å². The third kappa shape index (κ3) is 8.02. The molecule has 0 aliphatic carbocycles. The molecule has 2 aliphatic rings. The summed E-state index contributed by atoms with van der Waals surface area (Å²) in [6.45, 7) is 13.1. The maximum absolute atomic E-state index is 12.6. The van der Waals surface area contributed by atoms with E-state index in [1.165, 1.54) is 0 Å². The van der Waals surface area contributed by atoms with E-state index in [0.717, 1.165) is 57.5 Å². The minimum atomic E-state index is 0. The lowest BCUT2D eigenvalue weighted by Gasteiger charge is -2.35. The largest absolute Gasteiger partial charge is 0.357 e. The Hall–Kier alpha value is -1.69. The van der Waals surface area contributed by atoms with Crippen molar-refractivity contribution in [2.24, 2.45) is 4.99 Å². The van der Waals surface area contributed by atoms with Gasteiger partial charge in [-0.05, 0) is 39.7 Å². The van der Waals surface area contributed by atoms with Gasteiger partial charge >= 0.3 is 0 Å². The van der Waals surface area contributed by atoms with Gasteiger partial charge in [0, 0.05) is 76.7 Å². The number of nitrogens with zero attached hydrogens (tertiary/aromatic N) is 6. The number of amides is 1. The molecule has 0 aromatic carbocycles. The summed E-state index contributed by atoms with van der Waals surface area (Å²) in [6, 6.07) is 2.86. The number of anilines is 1. The summed E-state index contributed by atoms with van der Waals surface area (Å²) in [4.78, 5) is 32.5. The van der Waals surface area contributed by atoms with Crippen LogP contribution in [-0.4, -0.2) is 96.1 Å². The molecule has 1 aromatic heterocycles. The molecule has 2 aliphatic heterocycles. The zero-order valence-corrected chi connectivity index (χ0v) is 22.0. The molecular weight excluding hydrogens is 519 g/mol. The van der Waals surface area contributed by atoms with Gasteiger partial charge in [0.25, 0.3) is 0 Å². The molecule has 32 heavy (non-hydrogen) atoms. The molecule has 180 valence electrons. The minimum absolute atomic E-state index is 0. The Morgan fingerprint density at radius 3 is 2.38 bits per heavy atom. The first-order chi connectivity index (χ1) is 15.1. The molecule has 9 nitrogen and oxygen atoms in total. The molecule has 0 saturated carbocycles. The molecule has 3 rings (SSSR count). The average molecular weight is 559 g/mol. The van der Waals surface area contributed by atoms with Crippen molar-refractivity contribution in [2.45, 2.75) is 52.1 Å². The molecule has 0 radical (unpaired) electrons. The molecule has 1 amide bonds. The fraction of sp³-hybridized carbons (Fsp3) is 0.727. The highest BCUT2D eigenvalue weighted by molar-refractivity contribution is 14.0. The molecule has 0 bridgehead atoms. The summed E-state index contributed by atoms with van der Waals surface area (Å²) < 4.78 is 0. The number of hydrogen-bond donors (Lipinski definition) is 2. The second-order valence-corrected chi connectivity index (χ2v) is 8.48. The Kier molecular flexibility index (Phi) is 11.4. The van der Waals surface area contributed by atoms with E-state index >= 15 is 0 Å². The molecule has 2 saturated heterocycles. The van der Waals surface area contributed by atoms with Gasteiger partial charge in [-0.3, -0.25) is 9.79 Å². The number of carbonyl (C=O) groups is 1. The highest BCUT2D eigenvalue weighted by Gasteiger charge is 2.23. The topological polar surface area (TPSA) is 89.0 Å². The first kappa shape index (κ1) is 26.6. The van der Waals surface area contributed by atoms with Crippen molar-refractivity contribution < 1.29 is 4.79 Å². The smallest absolute Gasteiger partial charge is 0.225 e. The second kappa shape index (κ2) is 13.8. The summed E-state index contributed by atoms with van der Waals surface area (Å²) in [5.41, 5.74) is 0. The van der Waals surface area contributed by atoms with Crippen molar-refractivity contribution >= 4 is 41.8 Å². The van der Waals surface area contributed by atoms with Crippen LogP contribution in [0.4, 0.5) is 5.95 Å². The number of nitrogens with one attached hydrogen (secondary N) is 2. The van der Waals surface area contributed by atoms with Crippen molar-refractivity contribution in [1.82, 2.24) is 30.4 Å². The van der Waals surface area contributed by atoms with Gasteiger partial charge in [0.2, 0.25) is 11.9 Å². The fourth-order valence-electron chi connectivity index (χ4n) is 4.11. The molecule has 0 unspecified atom stereocenters. The molecule has 2 N–H and O–H groups in total. The van der Waals surface area contributed by atoms with Gasteiger partial charge in [0.15, 0.2) is 5.96 Å². The summed E-state index contributed by atoms with van der Waals surface area (Å²) in [7, 11) is 0. The Morgan fingerprint density at radius 2 is 1.78 bits per heavy atom. The van der Waals surface area contributed by atoms with E-state index in [2.05, 4.69) is 56.2 Å². The third-order valence-corrected chi connectivity index (χ3v) is 6.01. The van der Waals surface area contributed by atoms with E-state index < -0.39 is 0 Å². The van der Waals surface area contributed by atoms with Crippen LogP contribution in [0.2, 0.25) is 0 Å². The van der Waals surface area contributed by atoms with Gasteiger partial charge in [-0.1, -0.05) is 0 Å². The number of piperazine rings is 1. The third-order valence-electron chi connectivity index (χ3n) is 6.01. The van der Waals surface area contributed by atoms with Gasteiger partial charge < -0.3 is 25.3 Å². The van der Waals surface area contributed by atoms with E-state index in [1.807, 2.05) is 11.0 Å². The van der Waals surface area contributed by atoms with E-state index in [0.29, 0.717) is 38.1 Å². The lowest BCUT2D eigenvalue weighted by Crippen LogP contribution is -2.50. The van der Waals surface area contributed by atoms with E-state index in [-0.39, 0.29) is 29.9 Å². The number of aliphatic imine (C=N–C) groups is 1. The number of aromatic nitrogens is 2. The van der Waals surface area contributed by atoms with Gasteiger partial charge in [-0.25, -0.2) is 9.97 Å². The maximum atomic E-state index is 12.6. The molecule has 10 heteroatoms. The van der Waals surface area contributed by atoms with Crippen LogP contribution in [0.5, 0.6) is 0 Å². The highest BCUT2D eigenvalue weighted by atomic mass is 127. The molecule has 2 fully saturated rings. The van der Waals surface area contributed by atoms with Crippen LogP contribution in [0.1, 0.15) is 40.0 Å². The van der Waals surface area contributed by atoms with Crippen LogP contribution in [0, 0.1) is 0 Å². The normalized spacial score (nSPS) is 18.4. The average Bonchev–Trinajstić information content (AvgIpc) is 2.80. The van der Waals surface area contributed by atoms with Crippen LogP contribution >= 0.6 is 24.0 Å². The summed E-state index contributed by atoms with van der Waals surface area (Å²) in [5.74, 6) is 1.72. The van der Waals surface area contributed by atoms with E-state index in [9.17, 15) is 4.79 Å². The van der Waals surface area contributed by atoms with Crippen LogP contribution in [0.25, 0.3) is 0 Å². The molecule has 0 atom stereocenters. The van der Waals surface area contributed by atoms with Gasteiger partial charge in [-0.2, -0.15) is 0 Å². The molecular formula is C22H39IN8O. The van der Waals surface area contributed by atoms with Crippen LogP contribution in [0.3, 0.4) is 0 Å². The predicted molar refractivity (Wildman–Crippen MR) is 140 cm³/mol. The number of hydrogen-bond acceptors (Lipinski definition) is 6. The maximum Gasteiger partial charge on any atom is 0.225 e. The number of carbonyl (C=O) groups excluding carboxylic acids is 1. The van der Waals surface area contributed by atoms with Crippen LogP contribution in [-0.2, 0) is 4.79 Å². The van der Waals surface area contributed by atoms with Crippen LogP contribution in [0.15, 0.2) is 23.5 Å². The predicted octanol–water partition coefficient (Wildman–Crippen LogP) is 1.56. The van der Waals surface area contributed by atoms with Crippen molar-refractivity contribution in [2.75, 3.05) is 57.3 Å². The second-order valence-electron chi connectivity index (χ2n) is 8.48. The lowest BCUT2D eigenvalue weighted by molar-refractivity contribution is -0.131. The lowest BCUT2D eigenvalue weighted by atomic mass is 10.0. The van der Waals surface area contributed by atoms with Gasteiger partial charge in [0.1, 0.15) is 0 Å². The standard InChI is InChI=1S/C22H38N8O.HI/c1-4-23-21(27-19-7-12-28(13-8-19)18(2)3)24-11-6-20(31)29-14-16-30(17-15-29)22-25-9-5-10-26-22;/h5,9-10,18-19H,4,6-8,11-17H2,1-3H3,(H2,23,24,27);1H. The number of piperidine rings is 1. The van der Waals surface area contributed by atoms with Crippen LogP contribution < -0.4 is 15.5 Å². The monoisotopic (exact) mass is 558 g/mol. The van der Waals surface area contributed by atoms with E-state index in [4.69, 9.17) is 0 Å². The SMILES string of the molecule is CCNC(=NCCC(=O)N1CCN(c2ncccn2)CC1)NC1CCN(C(C)C)CC1.I. The van der Waals surface area contributed by atoms with Crippen molar-refractivity contribution in [3.63, 3.8) is 0 Å². The van der Waals surface area contributed by atoms with Gasteiger partial charge in [0.05, 0.1) is 6.54 Å². The number of guanidine groups is 1. The summed E-state index contributed by atoms with van der Waals surface area (Å²) in [6.07, 6.45) is 6.18. The molecule has 3 heterocycles. The molecule has 1 aromatic rings. The first-order valence-electron chi connectivity index (χ1n) is 11.7. The number of rotatable bonds is 7.